The van der Waals surface area contributed by atoms with Crippen LogP contribution in [0.5, 0.6) is 5.75 Å². The van der Waals surface area contributed by atoms with Crippen LogP contribution in [0.3, 0.4) is 0 Å². The van der Waals surface area contributed by atoms with Crippen LogP contribution in [0.25, 0.3) is 0 Å². The van der Waals surface area contributed by atoms with E-state index in [4.69, 9.17) is 10.5 Å². The molecule has 2 rings (SSSR count). The molecular formula is C17H22N2O. The van der Waals surface area contributed by atoms with Gasteiger partial charge in [-0.1, -0.05) is 30.3 Å². The van der Waals surface area contributed by atoms with E-state index in [-0.39, 0.29) is 0 Å². The van der Waals surface area contributed by atoms with Gasteiger partial charge in [0.1, 0.15) is 5.75 Å². The molecule has 0 spiro atoms. The van der Waals surface area contributed by atoms with Crippen molar-refractivity contribution in [3.05, 3.63) is 54.1 Å². The minimum absolute atomic E-state index is 0.327. The molecule has 3 nitrogen and oxygen atoms in total. The molecule has 3 N–H and O–H groups in total. The first-order valence-corrected chi connectivity index (χ1v) is 7.01. The number of anilines is 2. The van der Waals surface area contributed by atoms with E-state index in [1.165, 1.54) is 5.56 Å². The first-order valence-electron chi connectivity index (χ1n) is 7.01. The van der Waals surface area contributed by atoms with Crippen LogP contribution in [0.15, 0.2) is 48.5 Å². The maximum Gasteiger partial charge on any atom is 0.123 e. The highest BCUT2D eigenvalue weighted by Crippen LogP contribution is 2.23. The second kappa shape index (κ2) is 6.85. The van der Waals surface area contributed by atoms with Gasteiger partial charge < -0.3 is 15.8 Å². The van der Waals surface area contributed by atoms with Gasteiger partial charge in [0.05, 0.1) is 6.61 Å². The number of hydrogen-bond donors (Lipinski definition) is 2. The van der Waals surface area contributed by atoms with Gasteiger partial charge in [0.25, 0.3) is 0 Å². The molecule has 0 bridgehead atoms. The Morgan fingerprint density at radius 3 is 2.60 bits per heavy atom. The second-order valence-electron chi connectivity index (χ2n) is 4.96. The Labute approximate surface area is 120 Å². The van der Waals surface area contributed by atoms with E-state index >= 15 is 0 Å². The highest BCUT2D eigenvalue weighted by atomic mass is 16.5. The lowest BCUT2D eigenvalue weighted by atomic mass is 10.1. The fourth-order valence-electron chi connectivity index (χ4n) is 2.26. The molecule has 0 fully saturated rings. The zero-order valence-electron chi connectivity index (χ0n) is 12.1. The first-order chi connectivity index (χ1) is 9.67. The molecular weight excluding hydrogens is 248 g/mol. The smallest absolute Gasteiger partial charge is 0.123 e. The van der Waals surface area contributed by atoms with Gasteiger partial charge in [-0.15, -0.1) is 0 Å². The summed E-state index contributed by atoms with van der Waals surface area (Å²) in [6.07, 6.45) is 0.972. The number of nitrogens with two attached hydrogens (primary N) is 1. The quantitative estimate of drug-likeness (QED) is 0.787. The van der Waals surface area contributed by atoms with E-state index < -0.39 is 0 Å². The largest absolute Gasteiger partial charge is 0.494 e. The lowest BCUT2D eigenvalue weighted by Gasteiger charge is -2.17. The van der Waals surface area contributed by atoms with Crippen molar-refractivity contribution >= 4 is 11.4 Å². The van der Waals surface area contributed by atoms with Crippen LogP contribution in [0, 0.1) is 0 Å². The number of benzene rings is 2. The average Bonchev–Trinajstić information content (AvgIpc) is 2.39. The summed E-state index contributed by atoms with van der Waals surface area (Å²) in [6, 6.07) is 16.5. The lowest BCUT2D eigenvalue weighted by Crippen LogP contribution is -2.18. The Morgan fingerprint density at radius 1 is 1.15 bits per heavy atom. The number of nitrogens with one attached hydrogen (secondary N) is 1. The first kappa shape index (κ1) is 14.3. The van der Waals surface area contributed by atoms with Crippen molar-refractivity contribution in [1.82, 2.24) is 0 Å². The third kappa shape index (κ3) is 4.19. The van der Waals surface area contributed by atoms with Crippen LogP contribution in [-0.4, -0.2) is 12.6 Å². The van der Waals surface area contributed by atoms with Gasteiger partial charge in [0, 0.05) is 29.5 Å². The normalized spacial score (nSPS) is 11.9. The van der Waals surface area contributed by atoms with Gasteiger partial charge in [-0.25, -0.2) is 0 Å². The molecule has 0 saturated heterocycles. The van der Waals surface area contributed by atoms with Crippen molar-refractivity contribution < 1.29 is 4.74 Å². The molecule has 0 aliphatic rings. The highest BCUT2D eigenvalue weighted by molar-refractivity contribution is 5.59. The fraction of sp³-hybridized carbons (Fsp3) is 0.294. The summed E-state index contributed by atoms with van der Waals surface area (Å²) < 4.78 is 5.51. The Morgan fingerprint density at radius 2 is 1.90 bits per heavy atom. The van der Waals surface area contributed by atoms with Crippen LogP contribution in [-0.2, 0) is 6.42 Å². The van der Waals surface area contributed by atoms with Crippen molar-refractivity contribution in [2.24, 2.45) is 0 Å². The molecule has 1 unspecified atom stereocenters. The monoisotopic (exact) mass is 270 g/mol. The summed E-state index contributed by atoms with van der Waals surface area (Å²) in [6.45, 7) is 4.77. The molecule has 0 heterocycles. The van der Waals surface area contributed by atoms with Crippen molar-refractivity contribution in [3.63, 3.8) is 0 Å². The van der Waals surface area contributed by atoms with Gasteiger partial charge in [0.15, 0.2) is 0 Å². The van der Waals surface area contributed by atoms with Gasteiger partial charge in [0.2, 0.25) is 0 Å². The molecule has 1 atom stereocenters. The van der Waals surface area contributed by atoms with E-state index in [0.717, 1.165) is 17.9 Å². The standard InChI is InChI=1S/C17H22N2O/c1-3-20-17-11-15(18)10-16(12-17)19-13(2)9-14-7-5-4-6-8-14/h4-8,10-13,19H,3,9,18H2,1-2H3. The topological polar surface area (TPSA) is 47.3 Å². The number of nitrogen functional groups attached to an aromatic ring is 1. The number of ether oxygens (including phenoxy) is 1. The molecule has 3 heteroatoms. The Balaban J connectivity index is 2.02. The summed E-state index contributed by atoms with van der Waals surface area (Å²) in [5.74, 6) is 0.807. The van der Waals surface area contributed by atoms with Crippen molar-refractivity contribution in [3.8, 4) is 5.75 Å². The van der Waals surface area contributed by atoms with E-state index in [2.05, 4.69) is 36.5 Å². The number of rotatable bonds is 6. The zero-order chi connectivity index (χ0) is 14.4. The zero-order valence-corrected chi connectivity index (χ0v) is 12.1. The summed E-state index contributed by atoms with van der Waals surface area (Å²) in [7, 11) is 0. The summed E-state index contributed by atoms with van der Waals surface area (Å²) in [4.78, 5) is 0. The van der Waals surface area contributed by atoms with E-state index in [1.54, 1.807) is 0 Å². The van der Waals surface area contributed by atoms with Crippen molar-refractivity contribution in [1.29, 1.82) is 0 Å². The molecule has 106 valence electrons. The van der Waals surface area contributed by atoms with Crippen LogP contribution >= 0.6 is 0 Å². The second-order valence-corrected chi connectivity index (χ2v) is 4.96. The van der Waals surface area contributed by atoms with Crippen LogP contribution in [0.2, 0.25) is 0 Å². The number of hydrogen-bond acceptors (Lipinski definition) is 3. The minimum Gasteiger partial charge on any atom is -0.494 e. The minimum atomic E-state index is 0.327. The maximum atomic E-state index is 5.90. The average molecular weight is 270 g/mol. The molecule has 0 aromatic heterocycles. The Bertz CT molecular complexity index is 540. The molecule has 2 aromatic carbocycles. The molecule has 0 saturated carbocycles. The third-order valence-corrected chi connectivity index (χ3v) is 3.04. The highest BCUT2D eigenvalue weighted by Gasteiger charge is 2.05. The predicted molar refractivity (Wildman–Crippen MR) is 85.3 cm³/mol. The van der Waals surface area contributed by atoms with Crippen LogP contribution < -0.4 is 15.8 Å². The summed E-state index contributed by atoms with van der Waals surface area (Å²) in [5, 5.41) is 3.47. The molecule has 0 radical (unpaired) electrons. The molecule has 2 aromatic rings. The van der Waals surface area contributed by atoms with E-state index in [1.807, 2.05) is 31.2 Å². The molecule has 0 aliphatic carbocycles. The van der Waals surface area contributed by atoms with Crippen molar-refractivity contribution in [2.45, 2.75) is 26.3 Å². The fourth-order valence-corrected chi connectivity index (χ4v) is 2.26. The molecule has 20 heavy (non-hydrogen) atoms. The SMILES string of the molecule is CCOc1cc(N)cc(NC(C)Cc2ccccc2)c1. The summed E-state index contributed by atoms with van der Waals surface area (Å²) >= 11 is 0. The van der Waals surface area contributed by atoms with E-state index in [0.29, 0.717) is 18.3 Å². The third-order valence-electron chi connectivity index (χ3n) is 3.04. The Kier molecular flexibility index (Phi) is 4.88. The van der Waals surface area contributed by atoms with Crippen LogP contribution in [0.1, 0.15) is 19.4 Å². The van der Waals surface area contributed by atoms with E-state index in [9.17, 15) is 0 Å². The Hall–Kier alpha value is -2.16. The van der Waals surface area contributed by atoms with Crippen LogP contribution in [0.4, 0.5) is 11.4 Å². The van der Waals surface area contributed by atoms with Gasteiger partial charge in [-0.2, -0.15) is 0 Å². The molecule has 0 amide bonds. The predicted octanol–water partition coefficient (Wildman–Crippen LogP) is 3.71. The molecule has 0 aliphatic heterocycles. The van der Waals surface area contributed by atoms with Gasteiger partial charge in [-0.05, 0) is 31.9 Å². The van der Waals surface area contributed by atoms with Gasteiger partial charge >= 0.3 is 0 Å². The maximum absolute atomic E-state index is 5.90. The summed E-state index contributed by atoms with van der Waals surface area (Å²) in [5.41, 5.74) is 8.93. The lowest BCUT2D eigenvalue weighted by molar-refractivity contribution is 0.340. The van der Waals surface area contributed by atoms with Crippen molar-refractivity contribution in [2.75, 3.05) is 17.7 Å². The van der Waals surface area contributed by atoms with Gasteiger partial charge in [-0.3, -0.25) is 0 Å².